The van der Waals surface area contributed by atoms with Crippen LogP contribution in [0.2, 0.25) is 0 Å². The van der Waals surface area contributed by atoms with Gasteiger partial charge in [-0.2, -0.15) is 0 Å². The summed E-state index contributed by atoms with van der Waals surface area (Å²) in [6.07, 6.45) is 7.80. The van der Waals surface area contributed by atoms with Crippen molar-refractivity contribution in [2.75, 3.05) is 14.2 Å². The zero-order valence-corrected chi connectivity index (χ0v) is 14.3. The van der Waals surface area contributed by atoms with Crippen molar-refractivity contribution in [3.05, 3.63) is 42.5 Å². The van der Waals surface area contributed by atoms with Crippen LogP contribution in [0.15, 0.2) is 36.9 Å². The lowest BCUT2D eigenvalue weighted by molar-refractivity contribution is -0.169. The molecule has 128 valence electrons. The molecule has 0 amide bonds. The van der Waals surface area contributed by atoms with Gasteiger partial charge in [0.1, 0.15) is 0 Å². The Hall–Kier alpha value is -2.54. The van der Waals surface area contributed by atoms with Gasteiger partial charge < -0.3 is 9.47 Å². The van der Waals surface area contributed by atoms with Crippen LogP contribution in [0.25, 0.3) is 5.57 Å². The first-order valence-electron chi connectivity index (χ1n) is 7.85. The normalized spacial score (nSPS) is 10.5. The SMILES string of the molecule is C#CCC(CCCCC(=C)c1ccccc1)(C(=O)OC)C(=O)OC. The van der Waals surface area contributed by atoms with Gasteiger partial charge in [0.05, 0.1) is 14.2 Å². The van der Waals surface area contributed by atoms with Crippen LogP contribution in [0.5, 0.6) is 0 Å². The van der Waals surface area contributed by atoms with E-state index in [0.29, 0.717) is 12.8 Å². The lowest BCUT2D eigenvalue weighted by atomic mass is 9.79. The van der Waals surface area contributed by atoms with Crippen LogP contribution in [-0.2, 0) is 19.1 Å². The number of benzene rings is 1. The summed E-state index contributed by atoms with van der Waals surface area (Å²) < 4.78 is 9.57. The fraction of sp³-hybridized carbons (Fsp3) is 0.400. The fourth-order valence-electron chi connectivity index (χ4n) is 2.67. The maximum Gasteiger partial charge on any atom is 0.324 e. The van der Waals surface area contributed by atoms with Crippen LogP contribution in [0, 0.1) is 17.8 Å². The summed E-state index contributed by atoms with van der Waals surface area (Å²) in [6.45, 7) is 4.08. The van der Waals surface area contributed by atoms with E-state index in [4.69, 9.17) is 15.9 Å². The Morgan fingerprint density at radius 3 is 2.21 bits per heavy atom. The molecule has 0 aliphatic heterocycles. The van der Waals surface area contributed by atoms with E-state index in [0.717, 1.165) is 24.0 Å². The highest BCUT2D eigenvalue weighted by Crippen LogP contribution is 2.33. The third kappa shape index (κ3) is 4.73. The fourth-order valence-corrected chi connectivity index (χ4v) is 2.67. The number of hydrogen-bond donors (Lipinski definition) is 0. The Morgan fingerprint density at radius 1 is 1.12 bits per heavy atom. The van der Waals surface area contributed by atoms with Crippen molar-refractivity contribution >= 4 is 17.5 Å². The van der Waals surface area contributed by atoms with Gasteiger partial charge in [0.2, 0.25) is 0 Å². The number of ether oxygens (including phenoxy) is 2. The van der Waals surface area contributed by atoms with E-state index in [1.807, 2.05) is 30.3 Å². The number of carbonyl (C=O) groups excluding carboxylic acids is 2. The van der Waals surface area contributed by atoms with E-state index >= 15 is 0 Å². The Morgan fingerprint density at radius 2 is 1.71 bits per heavy atom. The first-order chi connectivity index (χ1) is 11.5. The van der Waals surface area contributed by atoms with Crippen molar-refractivity contribution < 1.29 is 19.1 Å². The number of terminal acetylenes is 1. The standard InChI is InChI=1S/C20H24O4/c1-5-14-20(18(21)23-3,19(22)24-4)15-10-9-11-16(2)17-12-7-6-8-13-17/h1,6-8,12-13H,2,9-11,14-15H2,3-4H3. The van der Waals surface area contributed by atoms with E-state index in [1.54, 1.807) is 0 Å². The van der Waals surface area contributed by atoms with Crippen molar-refractivity contribution in [1.82, 2.24) is 0 Å². The van der Waals surface area contributed by atoms with Crippen LogP contribution >= 0.6 is 0 Å². The van der Waals surface area contributed by atoms with Crippen LogP contribution in [0.3, 0.4) is 0 Å². The topological polar surface area (TPSA) is 52.6 Å². The minimum atomic E-state index is -1.42. The molecule has 0 aromatic heterocycles. The van der Waals surface area contributed by atoms with E-state index < -0.39 is 17.4 Å². The zero-order chi connectivity index (χ0) is 18.0. The number of hydrogen-bond acceptors (Lipinski definition) is 4. The minimum Gasteiger partial charge on any atom is -0.468 e. The molecular formula is C20H24O4. The van der Waals surface area contributed by atoms with E-state index in [2.05, 4.69) is 12.5 Å². The summed E-state index contributed by atoms with van der Waals surface area (Å²) in [4.78, 5) is 24.3. The average molecular weight is 328 g/mol. The Kier molecular flexibility index (Phi) is 7.77. The molecule has 24 heavy (non-hydrogen) atoms. The highest BCUT2D eigenvalue weighted by Gasteiger charge is 2.47. The zero-order valence-electron chi connectivity index (χ0n) is 14.3. The van der Waals surface area contributed by atoms with Gasteiger partial charge in [-0.3, -0.25) is 9.59 Å². The number of methoxy groups -OCH3 is 2. The first kappa shape index (κ1) is 19.5. The molecule has 0 unspecified atom stereocenters. The highest BCUT2D eigenvalue weighted by atomic mass is 16.5. The predicted molar refractivity (Wildman–Crippen MR) is 93.9 cm³/mol. The van der Waals surface area contributed by atoms with Gasteiger partial charge in [-0.05, 0) is 30.4 Å². The largest absolute Gasteiger partial charge is 0.468 e. The molecule has 0 fully saturated rings. The molecule has 0 saturated heterocycles. The highest BCUT2D eigenvalue weighted by molar-refractivity contribution is 6.00. The van der Waals surface area contributed by atoms with E-state index in [9.17, 15) is 9.59 Å². The number of unbranched alkanes of at least 4 members (excludes halogenated alkanes) is 1. The van der Waals surface area contributed by atoms with Crippen molar-refractivity contribution in [2.45, 2.75) is 32.1 Å². The van der Waals surface area contributed by atoms with Crippen LogP contribution in [-0.4, -0.2) is 26.2 Å². The van der Waals surface area contributed by atoms with Gasteiger partial charge in [-0.25, -0.2) is 0 Å². The molecule has 0 aliphatic rings. The summed E-state index contributed by atoms with van der Waals surface area (Å²) in [5.41, 5.74) is 0.689. The molecule has 0 aliphatic carbocycles. The first-order valence-corrected chi connectivity index (χ1v) is 7.85. The summed E-state index contributed by atoms with van der Waals surface area (Å²) in [5.74, 6) is 1.11. The van der Waals surface area contributed by atoms with Crippen molar-refractivity contribution in [3.8, 4) is 12.3 Å². The number of esters is 2. The average Bonchev–Trinajstić information content (AvgIpc) is 2.63. The molecule has 0 heterocycles. The molecule has 1 rings (SSSR count). The third-order valence-corrected chi connectivity index (χ3v) is 4.07. The summed E-state index contributed by atoms with van der Waals surface area (Å²) in [7, 11) is 2.49. The second-order valence-electron chi connectivity index (χ2n) is 5.62. The maximum absolute atomic E-state index is 12.1. The third-order valence-electron chi connectivity index (χ3n) is 4.07. The smallest absolute Gasteiger partial charge is 0.324 e. The Balaban J connectivity index is 2.68. The van der Waals surface area contributed by atoms with Gasteiger partial charge in [-0.1, -0.05) is 43.3 Å². The lowest BCUT2D eigenvalue weighted by Gasteiger charge is -2.26. The van der Waals surface area contributed by atoms with Crippen LogP contribution < -0.4 is 0 Å². The Labute approximate surface area is 143 Å². The second kappa shape index (κ2) is 9.57. The van der Waals surface area contributed by atoms with Crippen molar-refractivity contribution in [1.29, 1.82) is 0 Å². The molecule has 0 bridgehead atoms. The van der Waals surface area contributed by atoms with Crippen LogP contribution in [0.4, 0.5) is 0 Å². The van der Waals surface area contributed by atoms with E-state index in [1.165, 1.54) is 14.2 Å². The Bertz CT molecular complexity index is 594. The summed E-state index contributed by atoms with van der Waals surface area (Å²) in [6, 6.07) is 9.90. The van der Waals surface area contributed by atoms with Gasteiger partial charge in [0.15, 0.2) is 5.41 Å². The van der Waals surface area contributed by atoms with E-state index in [-0.39, 0.29) is 6.42 Å². The molecule has 0 spiro atoms. The molecule has 0 N–H and O–H groups in total. The lowest BCUT2D eigenvalue weighted by Crippen LogP contribution is -2.41. The van der Waals surface area contributed by atoms with Gasteiger partial charge in [0, 0.05) is 6.42 Å². The molecule has 4 heteroatoms. The summed E-state index contributed by atoms with van der Waals surface area (Å²) in [5, 5.41) is 0. The number of allylic oxidation sites excluding steroid dienone is 1. The molecular weight excluding hydrogens is 304 g/mol. The number of rotatable bonds is 9. The molecule has 0 atom stereocenters. The minimum absolute atomic E-state index is 0.0357. The van der Waals surface area contributed by atoms with Crippen molar-refractivity contribution in [3.63, 3.8) is 0 Å². The van der Waals surface area contributed by atoms with Crippen molar-refractivity contribution in [2.24, 2.45) is 5.41 Å². The van der Waals surface area contributed by atoms with Crippen LogP contribution in [0.1, 0.15) is 37.7 Å². The van der Waals surface area contributed by atoms with Gasteiger partial charge in [0.25, 0.3) is 0 Å². The molecule has 1 aromatic carbocycles. The monoisotopic (exact) mass is 328 g/mol. The number of carbonyl (C=O) groups is 2. The van der Waals surface area contributed by atoms with Gasteiger partial charge >= 0.3 is 11.9 Å². The molecule has 0 saturated carbocycles. The molecule has 4 nitrogen and oxygen atoms in total. The maximum atomic E-state index is 12.1. The quantitative estimate of drug-likeness (QED) is 0.301. The molecule has 0 radical (unpaired) electrons. The van der Waals surface area contributed by atoms with Gasteiger partial charge in [-0.15, -0.1) is 12.3 Å². The summed E-state index contributed by atoms with van der Waals surface area (Å²) >= 11 is 0. The second-order valence-corrected chi connectivity index (χ2v) is 5.62. The molecule has 1 aromatic rings. The predicted octanol–water partition coefficient (Wildman–Crippen LogP) is 3.62.